The van der Waals surface area contributed by atoms with Crippen molar-refractivity contribution in [3.63, 3.8) is 0 Å². The number of primary amides is 1. The van der Waals surface area contributed by atoms with E-state index in [0.29, 0.717) is 5.57 Å². The number of ether oxygens (including phenoxy) is 3. The molecule has 0 saturated carbocycles. The van der Waals surface area contributed by atoms with E-state index in [1.54, 1.807) is 32.9 Å². The van der Waals surface area contributed by atoms with E-state index in [9.17, 15) is 29.4 Å². The second-order valence-corrected chi connectivity index (χ2v) is 9.90. The van der Waals surface area contributed by atoms with Crippen LogP contribution in [0.5, 0.6) is 0 Å². The number of hydrogen-bond donors (Lipinski definition) is 4. The molecule has 2 bridgehead atoms. The van der Waals surface area contributed by atoms with Gasteiger partial charge in [-0.05, 0) is 38.2 Å². The van der Waals surface area contributed by atoms with Crippen LogP contribution in [0.25, 0.3) is 0 Å². The summed E-state index contributed by atoms with van der Waals surface area (Å²) in [6.07, 6.45) is 3.07. The Morgan fingerprint density at radius 1 is 1.13 bits per heavy atom. The Bertz CT molecular complexity index is 1130. The van der Waals surface area contributed by atoms with Crippen LogP contribution in [-0.4, -0.2) is 72.4 Å². The van der Waals surface area contributed by atoms with Crippen LogP contribution in [0.1, 0.15) is 40.5 Å². The molecule has 2 rings (SSSR count). The highest BCUT2D eigenvalue weighted by Crippen LogP contribution is 2.29. The Morgan fingerprint density at radius 2 is 1.79 bits per heavy atom. The maximum atomic E-state index is 12.8. The van der Waals surface area contributed by atoms with E-state index >= 15 is 0 Å². The van der Waals surface area contributed by atoms with E-state index in [1.807, 2.05) is 0 Å². The molecule has 0 fully saturated rings. The molecule has 0 aromatic heterocycles. The van der Waals surface area contributed by atoms with Crippen LogP contribution < -0.4 is 11.1 Å². The predicted octanol–water partition coefficient (Wildman–Crippen LogP) is 2.32. The van der Waals surface area contributed by atoms with Gasteiger partial charge in [-0.2, -0.15) is 0 Å². The molecular weight excluding hydrogens is 508 g/mol. The van der Waals surface area contributed by atoms with Gasteiger partial charge in [0.15, 0.2) is 6.10 Å². The van der Waals surface area contributed by atoms with Crippen LogP contribution in [0, 0.1) is 11.8 Å². The molecule has 0 aromatic carbocycles. The van der Waals surface area contributed by atoms with Gasteiger partial charge in [0, 0.05) is 37.4 Å². The fourth-order valence-corrected chi connectivity index (χ4v) is 4.57. The molecule has 0 unspecified atom stereocenters. The zero-order chi connectivity index (χ0) is 29.4. The lowest BCUT2D eigenvalue weighted by molar-refractivity contribution is -0.132. The minimum Gasteiger partial charge on any atom is -0.505 e. The molecule has 214 valence electrons. The first-order valence-corrected chi connectivity index (χ1v) is 12.6. The average molecular weight is 547 g/mol. The summed E-state index contributed by atoms with van der Waals surface area (Å²) in [5.41, 5.74) is 5.79. The molecule has 1 heterocycles. The third-order valence-electron chi connectivity index (χ3n) is 6.77. The van der Waals surface area contributed by atoms with Crippen LogP contribution >= 0.6 is 0 Å². The van der Waals surface area contributed by atoms with Crippen LogP contribution in [0.4, 0.5) is 4.79 Å². The van der Waals surface area contributed by atoms with Gasteiger partial charge in [-0.1, -0.05) is 38.2 Å². The van der Waals surface area contributed by atoms with Crippen molar-refractivity contribution in [1.82, 2.24) is 5.32 Å². The summed E-state index contributed by atoms with van der Waals surface area (Å²) in [5.74, 6) is -3.58. The fraction of sp³-hybridized carbons (Fsp3) is 0.500. The minimum atomic E-state index is -1.01. The van der Waals surface area contributed by atoms with Gasteiger partial charge in [0.05, 0.1) is 17.9 Å². The van der Waals surface area contributed by atoms with Crippen LogP contribution in [0.3, 0.4) is 0 Å². The zero-order valence-corrected chi connectivity index (χ0v) is 23.1. The van der Waals surface area contributed by atoms with Crippen LogP contribution in [-0.2, 0) is 28.6 Å². The van der Waals surface area contributed by atoms with Gasteiger partial charge >= 0.3 is 6.09 Å². The molecule has 11 heteroatoms. The largest absolute Gasteiger partial charge is 0.505 e. The molecule has 2 amide bonds. The minimum absolute atomic E-state index is 0.0149. The van der Waals surface area contributed by atoms with Gasteiger partial charge in [0.2, 0.25) is 11.6 Å². The summed E-state index contributed by atoms with van der Waals surface area (Å²) in [4.78, 5) is 49.4. The van der Waals surface area contributed by atoms with Gasteiger partial charge in [-0.15, -0.1) is 0 Å². The molecule has 11 nitrogen and oxygen atoms in total. The molecule has 0 saturated heterocycles. The monoisotopic (exact) mass is 546 g/mol. The van der Waals surface area contributed by atoms with Crippen molar-refractivity contribution in [3.8, 4) is 0 Å². The molecule has 39 heavy (non-hydrogen) atoms. The van der Waals surface area contributed by atoms with Crippen molar-refractivity contribution < 1.29 is 43.6 Å². The lowest BCUT2D eigenvalue weighted by atomic mass is 9.85. The highest BCUT2D eigenvalue weighted by Gasteiger charge is 2.33. The Balaban J connectivity index is 2.59. The number of carbonyl (C=O) groups is 4. The number of Topliss-reactive ketones (excluding diaryl/α,β-unsaturated/α-hetero) is 1. The number of carbonyl (C=O) groups excluding carboxylic acids is 4. The number of rotatable bonds is 3. The summed E-state index contributed by atoms with van der Waals surface area (Å²) in [6.45, 7) is 6.79. The zero-order valence-electron chi connectivity index (χ0n) is 23.1. The first-order chi connectivity index (χ1) is 18.3. The molecule has 6 atom stereocenters. The van der Waals surface area contributed by atoms with Crippen LogP contribution in [0.15, 0.2) is 58.6 Å². The topological polar surface area (TPSA) is 174 Å². The quantitative estimate of drug-likeness (QED) is 0.235. The van der Waals surface area contributed by atoms with Gasteiger partial charge in [-0.3, -0.25) is 14.4 Å². The SMILES string of the molecule is CO[C@@H]1/C=C\C=C(/C)C(=O)NC2=CC(=O)C(=O)C(=C2O)C[C@@H](C)C[C@@H](OC)[C@@H](O)[C@H](C)/C=C(\C)[C@H]1OC(N)=O. The van der Waals surface area contributed by atoms with E-state index in [2.05, 4.69) is 5.32 Å². The van der Waals surface area contributed by atoms with E-state index in [1.165, 1.54) is 33.3 Å². The predicted molar refractivity (Wildman–Crippen MR) is 142 cm³/mol. The number of ketones is 2. The number of methoxy groups -OCH3 is 2. The van der Waals surface area contributed by atoms with E-state index in [0.717, 1.165) is 6.08 Å². The summed E-state index contributed by atoms with van der Waals surface area (Å²) >= 11 is 0. The number of fused-ring (bicyclic) bond motifs is 1. The number of allylic oxidation sites excluding steroid dienone is 4. The molecule has 1 aliphatic heterocycles. The lowest BCUT2D eigenvalue weighted by Gasteiger charge is -2.29. The normalized spacial score (nSPS) is 33.3. The number of nitrogens with one attached hydrogen (secondary N) is 1. The smallest absolute Gasteiger partial charge is 0.405 e. The van der Waals surface area contributed by atoms with E-state index < -0.39 is 59.7 Å². The molecular formula is C28H38N2O9. The summed E-state index contributed by atoms with van der Waals surface area (Å²) in [6, 6.07) is 0. The Labute approximate surface area is 228 Å². The van der Waals surface area contributed by atoms with Crippen molar-refractivity contribution in [3.05, 3.63) is 58.6 Å². The molecule has 2 aliphatic rings. The van der Waals surface area contributed by atoms with Crippen molar-refractivity contribution in [2.45, 2.75) is 65.0 Å². The number of nitrogens with two attached hydrogens (primary N) is 1. The number of aliphatic hydroxyl groups excluding tert-OH is 2. The highest BCUT2D eigenvalue weighted by molar-refractivity contribution is 6.48. The Hall–Kier alpha value is -3.54. The summed E-state index contributed by atoms with van der Waals surface area (Å²) in [5, 5.41) is 24.3. The van der Waals surface area contributed by atoms with E-state index in [4.69, 9.17) is 19.9 Å². The van der Waals surface area contributed by atoms with Crippen molar-refractivity contribution in [1.29, 1.82) is 0 Å². The Kier molecular flexibility index (Phi) is 11.4. The van der Waals surface area contributed by atoms with Gasteiger partial charge < -0.3 is 35.5 Å². The van der Waals surface area contributed by atoms with Gasteiger partial charge in [0.1, 0.15) is 11.9 Å². The van der Waals surface area contributed by atoms with Gasteiger partial charge in [0.25, 0.3) is 5.91 Å². The second kappa shape index (κ2) is 14.0. The average Bonchev–Trinajstić information content (AvgIpc) is 2.88. The number of hydrogen-bond acceptors (Lipinski definition) is 9. The third-order valence-corrected chi connectivity index (χ3v) is 6.77. The maximum Gasteiger partial charge on any atom is 0.405 e. The van der Waals surface area contributed by atoms with Crippen molar-refractivity contribution in [2.24, 2.45) is 17.6 Å². The second-order valence-electron chi connectivity index (χ2n) is 9.90. The van der Waals surface area contributed by atoms with Crippen LogP contribution in [0.2, 0.25) is 0 Å². The Morgan fingerprint density at radius 3 is 2.38 bits per heavy atom. The van der Waals surface area contributed by atoms with E-state index in [-0.39, 0.29) is 35.6 Å². The highest BCUT2D eigenvalue weighted by atomic mass is 16.6. The summed E-state index contributed by atoms with van der Waals surface area (Å²) in [7, 11) is 2.86. The fourth-order valence-electron chi connectivity index (χ4n) is 4.57. The summed E-state index contributed by atoms with van der Waals surface area (Å²) < 4.78 is 16.4. The first kappa shape index (κ1) is 31.7. The molecule has 0 radical (unpaired) electrons. The molecule has 5 N–H and O–H groups in total. The van der Waals surface area contributed by atoms with Gasteiger partial charge in [-0.25, -0.2) is 4.79 Å². The molecule has 0 spiro atoms. The molecule has 0 aromatic rings. The standard InChI is InChI=1S/C28H38N2O9/c1-14-10-18-24(33)19(13-20(31)25(18)34)30-27(35)15(2)8-7-9-21(37-5)26(39-28(29)36)17(4)12-16(3)23(32)22(11-14)38-6/h7-9,12-14,16,21-23,26,32-33H,10-11H2,1-6H3,(H2,29,36)(H,30,35)/b9-7-,15-8+,17-12+/t14-,16-,21-,22-,23+,26-/m1/s1. The first-order valence-electron chi connectivity index (χ1n) is 12.6. The van der Waals surface area contributed by atoms with Crippen molar-refractivity contribution in [2.75, 3.05) is 14.2 Å². The number of aliphatic hydroxyl groups is 2. The number of amides is 2. The third kappa shape index (κ3) is 8.22. The van der Waals surface area contributed by atoms with Crippen molar-refractivity contribution >= 4 is 23.6 Å². The maximum absolute atomic E-state index is 12.8. The molecule has 1 aliphatic carbocycles. The lowest BCUT2D eigenvalue weighted by Crippen LogP contribution is -2.37.